The summed E-state index contributed by atoms with van der Waals surface area (Å²) in [5, 5.41) is 2.72. The first-order chi connectivity index (χ1) is 15.5. The summed E-state index contributed by atoms with van der Waals surface area (Å²) in [7, 11) is -5.68. The van der Waals surface area contributed by atoms with Gasteiger partial charge in [0.15, 0.2) is 0 Å². The highest BCUT2D eigenvalue weighted by Crippen LogP contribution is 2.44. The normalized spacial score (nSPS) is 17.7. The zero-order valence-electron chi connectivity index (χ0n) is 22.0. The molecule has 0 spiro atoms. The van der Waals surface area contributed by atoms with Crippen molar-refractivity contribution < 1.29 is 4.43 Å². The van der Waals surface area contributed by atoms with E-state index in [4.69, 9.17) is 4.43 Å². The second-order valence-corrected chi connectivity index (χ2v) is 25.1. The topological polar surface area (TPSA) is 9.23 Å². The number of rotatable bonds is 7. The van der Waals surface area contributed by atoms with Gasteiger partial charge in [0.05, 0.1) is 5.22 Å². The minimum atomic E-state index is -2.16. The van der Waals surface area contributed by atoms with Crippen LogP contribution < -0.4 is 10.4 Å². The number of hydrogen-bond acceptors (Lipinski definition) is 1. The molecule has 0 radical (unpaired) electrons. The molecule has 1 aliphatic carbocycles. The molecule has 0 saturated heterocycles. The summed E-state index contributed by atoms with van der Waals surface area (Å²) in [6.07, 6.45) is 7.43. The Morgan fingerprint density at radius 3 is 1.79 bits per heavy atom. The monoisotopic (exact) mass is 492 g/mol. The molecule has 33 heavy (non-hydrogen) atoms. The standard InChI is InChI=1S/C29H44OSi3/c1-31(2,3)25-17-24-29(26-18-11-8-12-19-26,32(4,5)27-20-13-9-14-21-27)30-33(6,7)28-22-15-10-16-23-28/h9-10,13-16,20-23,26H,8,11-12,18-19,24H2,1-7H3. The first-order valence-corrected chi connectivity index (χ1v) is 22.2. The molecule has 1 atom stereocenters. The van der Waals surface area contributed by atoms with Crippen molar-refractivity contribution >= 4 is 34.8 Å². The van der Waals surface area contributed by atoms with Gasteiger partial charge in [-0.1, -0.05) is 118 Å². The number of benzene rings is 2. The molecular formula is C29H44OSi3. The molecule has 1 saturated carbocycles. The van der Waals surface area contributed by atoms with Crippen LogP contribution in [0.1, 0.15) is 38.5 Å². The summed E-state index contributed by atoms with van der Waals surface area (Å²) in [6, 6.07) is 22.3. The van der Waals surface area contributed by atoms with Crippen molar-refractivity contribution in [1.82, 2.24) is 0 Å². The molecule has 1 fully saturated rings. The van der Waals surface area contributed by atoms with Crippen molar-refractivity contribution in [3.8, 4) is 11.5 Å². The molecular weight excluding hydrogens is 449 g/mol. The lowest BCUT2D eigenvalue weighted by atomic mass is 9.83. The van der Waals surface area contributed by atoms with E-state index in [1.165, 1.54) is 42.5 Å². The fourth-order valence-corrected chi connectivity index (χ4v) is 13.6. The smallest absolute Gasteiger partial charge is 0.218 e. The van der Waals surface area contributed by atoms with Crippen molar-refractivity contribution in [1.29, 1.82) is 0 Å². The Kier molecular flexibility index (Phi) is 8.33. The van der Waals surface area contributed by atoms with Crippen molar-refractivity contribution in [2.24, 2.45) is 5.92 Å². The van der Waals surface area contributed by atoms with E-state index in [9.17, 15) is 0 Å². The van der Waals surface area contributed by atoms with E-state index in [-0.39, 0.29) is 5.22 Å². The summed E-state index contributed by atoms with van der Waals surface area (Å²) in [4.78, 5) is 0. The molecule has 0 bridgehead atoms. The molecule has 178 valence electrons. The summed E-state index contributed by atoms with van der Waals surface area (Å²) in [5.41, 5.74) is 3.71. The van der Waals surface area contributed by atoms with E-state index >= 15 is 0 Å². The van der Waals surface area contributed by atoms with Crippen LogP contribution in [0.5, 0.6) is 0 Å². The Balaban J connectivity index is 2.18. The lowest BCUT2D eigenvalue weighted by Gasteiger charge is -2.54. The minimum absolute atomic E-state index is 0.174. The Morgan fingerprint density at radius 2 is 1.27 bits per heavy atom. The highest BCUT2D eigenvalue weighted by atomic mass is 28.4. The summed E-state index contributed by atoms with van der Waals surface area (Å²) < 4.78 is 7.70. The van der Waals surface area contributed by atoms with Crippen molar-refractivity contribution in [3.05, 3.63) is 60.7 Å². The van der Waals surface area contributed by atoms with Crippen LogP contribution in [-0.4, -0.2) is 29.7 Å². The summed E-state index contributed by atoms with van der Waals surface area (Å²) in [6.45, 7) is 17.0. The van der Waals surface area contributed by atoms with E-state index in [1.54, 1.807) is 0 Å². The van der Waals surface area contributed by atoms with E-state index in [0.29, 0.717) is 5.92 Å². The molecule has 0 aliphatic heterocycles. The fourth-order valence-electron chi connectivity index (χ4n) is 5.59. The van der Waals surface area contributed by atoms with Crippen molar-refractivity contribution in [2.75, 3.05) is 0 Å². The predicted molar refractivity (Wildman–Crippen MR) is 153 cm³/mol. The van der Waals surface area contributed by atoms with Gasteiger partial charge in [-0.15, -0.1) is 11.5 Å². The van der Waals surface area contributed by atoms with E-state index in [1.807, 2.05) is 0 Å². The van der Waals surface area contributed by atoms with E-state index in [0.717, 1.165) is 6.42 Å². The van der Waals surface area contributed by atoms with Crippen LogP contribution >= 0.6 is 0 Å². The zero-order valence-corrected chi connectivity index (χ0v) is 25.0. The lowest BCUT2D eigenvalue weighted by Crippen LogP contribution is -2.71. The molecule has 0 N–H and O–H groups in total. The van der Waals surface area contributed by atoms with Crippen molar-refractivity contribution in [3.63, 3.8) is 0 Å². The second kappa shape index (κ2) is 10.5. The van der Waals surface area contributed by atoms with Crippen molar-refractivity contribution in [2.45, 2.75) is 89.6 Å². The molecule has 0 amide bonds. The third kappa shape index (κ3) is 6.19. The molecule has 2 aromatic rings. The van der Waals surface area contributed by atoms with Crippen LogP contribution in [0.15, 0.2) is 60.7 Å². The van der Waals surface area contributed by atoms with Crippen LogP contribution in [0, 0.1) is 17.4 Å². The largest absolute Gasteiger partial charge is 0.409 e. The van der Waals surface area contributed by atoms with Gasteiger partial charge in [0, 0.05) is 6.42 Å². The molecule has 1 unspecified atom stereocenters. The molecule has 0 heterocycles. The Bertz CT molecular complexity index is 945. The van der Waals surface area contributed by atoms with E-state index < -0.39 is 24.5 Å². The third-order valence-electron chi connectivity index (χ3n) is 7.54. The molecule has 2 aromatic carbocycles. The predicted octanol–water partition coefficient (Wildman–Crippen LogP) is 6.86. The second-order valence-electron chi connectivity index (χ2n) is 11.9. The molecule has 4 heteroatoms. The van der Waals surface area contributed by atoms with Gasteiger partial charge in [-0.25, -0.2) is 0 Å². The summed E-state index contributed by atoms with van der Waals surface area (Å²) >= 11 is 0. The van der Waals surface area contributed by atoms with Gasteiger partial charge in [0.2, 0.25) is 8.32 Å². The average molecular weight is 493 g/mol. The van der Waals surface area contributed by atoms with Crippen LogP contribution in [-0.2, 0) is 4.43 Å². The number of hydrogen-bond donors (Lipinski definition) is 0. The minimum Gasteiger partial charge on any atom is -0.409 e. The molecule has 1 nitrogen and oxygen atoms in total. The van der Waals surface area contributed by atoms with Crippen LogP contribution in [0.3, 0.4) is 0 Å². The highest BCUT2D eigenvalue weighted by Gasteiger charge is 2.55. The fraction of sp³-hybridized carbons (Fsp3) is 0.517. The van der Waals surface area contributed by atoms with Crippen LogP contribution in [0.2, 0.25) is 45.8 Å². The SMILES string of the molecule is C[Si](C)(C)C#CCC(O[Si](C)(C)c1ccccc1)(C1CCCCC1)[Si](C)(C)c1ccccc1. The maximum atomic E-state index is 7.70. The molecule has 0 aromatic heterocycles. The zero-order chi connectivity index (χ0) is 24.2. The maximum Gasteiger partial charge on any atom is 0.218 e. The lowest BCUT2D eigenvalue weighted by molar-refractivity contribution is 0.0562. The highest BCUT2D eigenvalue weighted by molar-refractivity contribution is 6.94. The Hall–Kier alpha value is -1.39. The first kappa shape index (κ1) is 26.2. The van der Waals surface area contributed by atoms with Gasteiger partial charge in [0.25, 0.3) is 0 Å². The first-order valence-electron chi connectivity index (χ1n) is 12.8. The molecule has 3 rings (SSSR count). The van der Waals surface area contributed by atoms with Crippen LogP contribution in [0.25, 0.3) is 0 Å². The summed E-state index contributed by atoms with van der Waals surface area (Å²) in [5.74, 6) is 4.34. The van der Waals surface area contributed by atoms with E-state index in [2.05, 4.69) is 118 Å². The third-order valence-corrected chi connectivity index (χ3v) is 15.8. The quantitative estimate of drug-likeness (QED) is 0.303. The maximum absolute atomic E-state index is 7.70. The van der Waals surface area contributed by atoms with Gasteiger partial charge in [-0.2, -0.15) is 0 Å². The van der Waals surface area contributed by atoms with Gasteiger partial charge in [0.1, 0.15) is 16.1 Å². The average Bonchev–Trinajstić information content (AvgIpc) is 2.79. The van der Waals surface area contributed by atoms with Gasteiger partial charge in [-0.05, 0) is 37.0 Å². The van der Waals surface area contributed by atoms with Gasteiger partial charge < -0.3 is 4.43 Å². The van der Waals surface area contributed by atoms with Crippen LogP contribution in [0.4, 0.5) is 0 Å². The Labute approximate surface area is 206 Å². The van der Waals surface area contributed by atoms with Gasteiger partial charge in [-0.3, -0.25) is 0 Å². The molecule has 1 aliphatic rings. The van der Waals surface area contributed by atoms with Gasteiger partial charge >= 0.3 is 0 Å². The Morgan fingerprint density at radius 1 is 0.758 bits per heavy atom.